The molecule has 4 rings (SSSR count). The second-order valence-electron chi connectivity index (χ2n) is 8.75. The van der Waals surface area contributed by atoms with Gasteiger partial charge in [0.15, 0.2) is 0 Å². The first-order chi connectivity index (χ1) is 16.3. The van der Waals surface area contributed by atoms with E-state index in [9.17, 15) is 9.59 Å². The van der Waals surface area contributed by atoms with Crippen molar-refractivity contribution in [2.45, 2.75) is 27.3 Å². The van der Waals surface area contributed by atoms with Crippen molar-refractivity contribution in [1.29, 1.82) is 0 Å². The maximum atomic E-state index is 12.7. The predicted molar refractivity (Wildman–Crippen MR) is 132 cm³/mol. The number of piperazine rings is 1. The van der Waals surface area contributed by atoms with Crippen LogP contribution in [0, 0.1) is 20.8 Å². The fourth-order valence-corrected chi connectivity index (χ4v) is 4.18. The minimum absolute atomic E-state index is 0.0650. The van der Waals surface area contributed by atoms with E-state index < -0.39 is 0 Å². The molecular formula is C26H31N5O3. The van der Waals surface area contributed by atoms with E-state index in [1.54, 1.807) is 19.2 Å². The van der Waals surface area contributed by atoms with Crippen LogP contribution < -0.4 is 10.6 Å². The van der Waals surface area contributed by atoms with Crippen LogP contribution in [0.5, 0.6) is 0 Å². The molecule has 0 bridgehead atoms. The van der Waals surface area contributed by atoms with Gasteiger partial charge in [0.05, 0.1) is 5.69 Å². The summed E-state index contributed by atoms with van der Waals surface area (Å²) in [5.41, 5.74) is 5.40. The molecule has 1 aromatic heterocycles. The molecule has 8 heteroatoms. The molecule has 0 saturated carbocycles. The van der Waals surface area contributed by atoms with E-state index in [2.05, 4.69) is 21.6 Å². The Morgan fingerprint density at radius 1 is 0.971 bits per heavy atom. The van der Waals surface area contributed by atoms with Crippen molar-refractivity contribution >= 4 is 17.6 Å². The molecule has 8 nitrogen and oxygen atoms in total. The fourth-order valence-electron chi connectivity index (χ4n) is 4.18. The zero-order chi connectivity index (χ0) is 24.2. The van der Waals surface area contributed by atoms with E-state index in [1.165, 1.54) is 0 Å². The molecule has 3 amide bonds. The van der Waals surface area contributed by atoms with Crippen molar-refractivity contribution in [3.63, 3.8) is 0 Å². The van der Waals surface area contributed by atoms with Gasteiger partial charge in [-0.2, -0.15) is 0 Å². The lowest BCUT2D eigenvalue weighted by atomic mass is 10.1. The van der Waals surface area contributed by atoms with Crippen LogP contribution in [0.2, 0.25) is 0 Å². The Kier molecular flexibility index (Phi) is 6.98. The molecule has 2 aromatic carbocycles. The molecule has 178 valence electrons. The van der Waals surface area contributed by atoms with Crippen LogP contribution >= 0.6 is 0 Å². The molecule has 2 heterocycles. The first-order valence-electron chi connectivity index (χ1n) is 11.5. The number of aryl methyl sites for hydroxylation is 3. The van der Waals surface area contributed by atoms with E-state index >= 15 is 0 Å². The number of aromatic nitrogens is 1. The van der Waals surface area contributed by atoms with Crippen LogP contribution in [-0.2, 0) is 6.54 Å². The number of nitrogens with one attached hydrogen (secondary N) is 2. The second kappa shape index (κ2) is 10.1. The molecule has 34 heavy (non-hydrogen) atoms. The number of nitrogens with zero attached hydrogens (tertiary/aromatic N) is 3. The smallest absolute Gasteiger partial charge is 0.321 e. The number of hydrogen-bond acceptors (Lipinski definition) is 5. The summed E-state index contributed by atoms with van der Waals surface area (Å²) in [5, 5.41) is 5.63. The van der Waals surface area contributed by atoms with Gasteiger partial charge in [-0.15, -0.1) is 0 Å². The number of hydrogen-bond donors (Lipinski definition) is 2. The lowest BCUT2D eigenvalue weighted by Crippen LogP contribution is -2.49. The lowest BCUT2D eigenvalue weighted by Gasteiger charge is -2.34. The molecule has 1 aliphatic rings. The Labute approximate surface area is 200 Å². The minimum Gasteiger partial charge on any atom is -0.441 e. The highest BCUT2D eigenvalue weighted by molar-refractivity contribution is 5.94. The summed E-state index contributed by atoms with van der Waals surface area (Å²) in [7, 11) is 1.61. The Morgan fingerprint density at radius 2 is 1.62 bits per heavy atom. The normalized spacial score (nSPS) is 14.2. The number of carbonyl (C=O) groups excluding carboxylic acids is 2. The summed E-state index contributed by atoms with van der Waals surface area (Å²) < 4.78 is 5.90. The Morgan fingerprint density at radius 3 is 2.24 bits per heavy atom. The zero-order valence-electron chi connectivity index (χ0n) is 20.1. The predicted octanol–water partition coefficient (Wildman–Crippen LogP) is 3.98. The van der Waals surface area contributed by atoms with Crippen LogP contribution in [0.4, 0.5) is 10.5 Å². The van der Waals surface area contributed by atoms with Gasteiger partial charge >= 0.3 is 6.03 Å². The maximum absolute atomic E-state index is 12.7. The summed E-state index contributed by atoms with van der Waals surface area (Å²) in [6.07, 6.45) is 0. The number of carbonyl (C=O) groups is 2. The molecule has 0 unspecified atom stereocenters. The molecule has 0 aliphatic carbocycles. The SMILES string of the molecule is CNC(=O)c1ccc(-c2nc(CN3CCN(C(=O)Nc4cc(C)cc(C)c4)CC3)c(C)o2)cc1. The number of rotatable bonds is 5. The molecule has 0 radical (unpaired) electrons. The third-order valence-electron chi connectivity index (χ3n) is 6.02. The first kappa shape index (κ1) is 23.5. The summed E-state index contributed by atoms with van der Waals surface area (Å²) in [6.45, 7) is 9.47. The summed E-state index contributed by atoms with van der Waals surface area (Å²) in [5.74, 6) is 1.19. The highest BCUT2D eigenvalue weighted by Crippen LogP contribution is 2.23. The number of urea groups is 1. The van der Waals surface area contributed by atoms with Gasteiger partial charge in [0.1, 0.15) is 5.76 Å². The molecular weight excluding hydrogens is 430 g/mol. The Hall–Kier alpha value is -3.65. The molecule has 0 atom stereocenters. The van der Waals surface area contributed by atoms with Crippen molar-refractivity contribution in [2.75, 3.05) is 38.5 Å². The number of benzene rings is 2. The largest absolute Gasteiger partial charge is 0.441 e. The van der Waals surface area contributed by atoms with E-state index in [0.29, 0.717) is 31.1 Å². The Balaban J connectivity index is 1.33. The Bertz CT molecular complexity index is 1160. The van der Waals surface area contributed by atoms with Crippen LogP contribution in [-0.4, -0.2) is 59.9 Å². The highest BCUT2D eigenvalue weighted by atomic mass is 16.4. The summed E-state index contributed by atoms with van der Waals surface area (Å²) >= 11 is 0. The van der Waals surface area contributed by atoms with Crippen molar-refractivity contribution in [2.24, 2.45) is 0 Å². The summed E-state index contributed by atoms with van der Waals surface area (Å²) in [6, 6.07) is 13.2. The van der Waals surface area contributed by atoms with E-state index in [1.807, 2.05) is 49.9 Å². The van der Waals surface area contributed by atoms with Gasteiger partial charge in [-0.25, -0.2) is 9.78 Å². The van der Waals surface area contributed by atoms with Gasteiger partial charge in [0, 0.05) is 56.6 Å². The molecule has 1 saturated heterocycles. The molecule has 1 aliphatic heterocycles. The molecule has 0 spiro atoms. The van der Waals surface area contributed by atoms with Crippen molar-refractivity contribution < 1.29 is 14.0 Å². The number of anilines is 1. The minimum atomic E-state index is -0.127. The van der Waals surface area contributed by atoms with Gasteiger partial charge in [-0.05, 0) is 68.3 Å². The van der Waals surface area contributed by atoms with Gasteiger partial charge in [-0.1, -0.05) is 6.07 Å². The molecule has 2 N–H and O–H groups in total. The molecule has 3 aromatic rings. The standard InChI is InChI=1S/C26H31N5O3/c1-17-13-18(2)15-22(14-17)28-26(33)31-11-9-30(10-12-31)16-23-19(3)34-25(29-23)21-7-5-20(6-8-21)24(32)27-4/h5-8,13-15H,9-12,16H2,1-4H3,(H,27,32)(H,28,33). The van der Waals surface area contributed by atoms with Gasteiger partial charge in [0.25, 0.3) is 5.91 Å². The first-order valence-corrected chi connectivity index (χ1v) is 11.5. The van der Waals surface area contributed by atoms with Gasteiger partial charge < -0.3 is 20.0 Å². The zero-order valence-corrected chi connectivity index (χ0v) is 20.1. The average Bonchev–Trinajstić information content (AvgIpc) is 3.18. The highest BCUT2D eigenvalue weighted by Gasteiger charge is 2.23. The van der Waals surface area contributed by atoms with Crippen molar-refractivity contribution in [1.82, 2.24) is 20.1 Å². The maximum Gasteiger partial charge on any atom is 0.321 e. The number of oxazole rings is 1. The van der Waals surface area contributed by atoms with Crippen molar-refractivity contribution in [3.05, 3.63) is 70.6 Å². The van der Waals surface area contributed by atoms with E-state index in [-0.39, 0.29) is 11.9 Å². The average molecular weight is 462 g/mol. The third kappa shape index (κ3) is 5.46. The molecule has 1 fully saturated rings. The number of amides is 3. The second-order valence-corrected chi connectivity index (χ2v) is 8.75. The fraction of sp³-hybridized carbons (Fsp3) is 0.346. The van der Waals surface area contributed by atoms with Crippen molar-refractivity contribution in [3.8, 4) is 11.5 Å². The van der Waals surface area contributed by atoms with Crippen LogP contribution in [0.1, 0.15) is 32.9 Å². The van der Waals surface area contributed by atoms with E-state index in [0.717, 1.165) is 46.9 Å². The van der Waals surface area contributed by atoms with Crippen LogP contribution in [0.3, 0.4) is 0 Å². The quantitative estimate of drug-likeness (QED) is 0.600. The van der Waals surface area contributed by atoms with Crippen LogP contribution in [0.25, 0.3) is 11.5 Å². The third-order valence-corrected chi connectivity index (χ3v) is 6.02. The van der Waals surface area contributed by atoms with Gasteiger partial charge in [-0.3, -0.25) is 9.69 Å². The topological polar surface area (TPSA) is 90.7 Å². The van der Waals surface area contributed by atoms with E-state index in [4.69, 9.17) is 9.40 Å². The monoisotopic (exact) mass is 461 g/mol. The van der Waals surface area contributed by atoms with Crippen LogP contribution in [0.15, 0.2) is 46.9 Å². The summed E-state index contributed by atoms with van der Waals surface area (Å²) in [4.78, 5) is 33.3. The lowest BCUT2D eigenvalue weighted by molar-refractivity contribution is 0.0963. The van der Waals surface area contributed by atoms with Gasteiger partial charge in [0.2, 0.25) is 5.89 Å².